The van der Waals surface area contributed by atoms with Gasteiger partial charge in [-0.05, 0) is 20.3 Å². The molecule has 0 bridgehead atoms. The minimum Gasteiger partial charge on any atom is -0.462 e. The van der Waals surface area contributed by atoms with Gasteiger partial charge < -0.3 is 24.8 Å². The molecule has 0 heterocycles. The summed E-state index contributed by atoms with van der Waals surface area (Å²) in [5, 5.41) is 27.0. The Bertz CT molecular complexity index is 241. The Morgan fingerprint density at radius 3 is 2.22 bits per heavy atom. The lowest BCUT2D eigenvalue weighted by Gasteiger charge is -2.21. The van der Waals surface area contributed by atoms with Gasteiger partial charge in [0.05, 0.1) is 25.2 Å². The van der Waals surface area contributed by atoms with Gasteiger partial charge in [0.25, 0.3) is 0 Å². The molecule has 0 fully saturated rings. The Labute approximate surface area is 108 Å². The molecule has 0 saturated heterocycles. The average molecular weight is 264 g/mol. The number of aliphatic hydroxyl groups is 3. The number of hydrogen-bond donors (Lipinski definition) is 3. The van der Waals surface area contributed by atoms with Crippen LogP contribution in [0, 0.1) is 5.41 Å². The van der Waals surface area contributed by atoms with E-state index in [1.807, 2.05) is 6.92 Å². The summed E-state index contributed by atoms with van der Waals surface area (Å²) < 4.78 is 9.90. The van der Waals surface area contributed by atoms with E-state index in [0.717, 1.165) is 0 Å². The van der Waals surface area contributed by atoms with E-state index in [4.69, 9.17) is 19.7 Å². The van der Waals surface area contributed by atoms with Crippen LogP contribution in [0.3, 0.4) is 0 Å². The molecular weight excluding hydrogens is 240 g/mol. The molecule has 0 rings (SSSR count). The summed E-state index contributed by atoms with van der Waals surface area (Å²) in [4.78, 5) is 11.6. The maximum atomic E-state index is 11.6. The van der Waals surface area contributed by atoms with Crippen molar-refractivity contribution in [3.05, 3.63) is 0 Å². The van der Waals surface area contributed by atoms with Crippen LogP contribution in [-0.2, 0) is 14.3 Å². The highest BCUT2D eigenvalue weighted by Gasteiger charge is 2.27. The van der Waals surface area contributed by atoms with E-state index < -0.39 is 24.2 Å². The van der Waals surface area contributed by atoms with Crippen molar-refractivity contribution in [2.24, 2.45) is 5.41 Å². The van der Waals surface area contributed by atoms with Gasteiger partial charge in [-0.1, -0.05) is 6.92 Å². The number of rotatable bonds is 9. The number of esters is 1. The van der Waals surface area contributed by atoms with E-state index >= 15 is 0 Å². The fourth-order valence-corrected chi connectivity index (χ4v) is 0.953. The highest BCUT2D eigenvalue weighted by molar-refractivity contribution is 5.75. The second kappa shape index (κ2) is 8.42. The van der Waals surface area contributed by atoms with Crippen LogP contribution in [0.4, 0.5) is 0 Å². The van der Waals surface area contributed by atoms with Crippen LogP contribution in [0.1, 0.15) is 27.2 Å². The molecule has 0 aliphatic rings. The smallest absolute Gasteiger partial charge is 0.311 e. The molecule has 0 aromatic heterocycles. The van der Waals surface area contributed by atoms with Gasteiger partial charge in [0.2, 0.25) is 0 Å². The SMILES string of the molecule is CCC(C)(C)C(=O)OCC(O)COCC(O)CO. The summed E-state index contributed by atoms with van der Waals surface area (Å²) in [6.07, 6.45) is -1.24. The molecule has 108 valence electrons. The molecule has 3 N–H and O–H groups in total. The zero-order valence-electron chi connectivity index (χ0n) is 11.3. The lowest BCUT2D eigenvalue weighted by atomic mass is 9.91. The summed E-state index contributed by atoms with van der Waals surface area (Å²) >= 11 is 0. The first kappa shape index (κ1) is 17.3. The van der Waals surface area contributed by atoms with Gasteiger partial charge in [0.15, 0.2) is 0 Å². The monoisotopic (exact) mass is 264 g/mol. The van der Waals surface area contributed by atoms with Gasteiger partial charge in [0, 0.05) is 0 Å². The Hall–Kier alpha value is -0.690. The summed E-state index contributed by atoms with van der Waals surface area (Å²) in [6.45, 7) is 4.77. The fraction of sp³-hybridized carbons (Fsp3) is 0.917. The van der Waals surface area contributed by atoms with Gasteiger partial charge >= 0.3 is 5.97 Å². The molecule has 0 radical (unpaired) electrons. The number of carbonyl (C=O) groups is 1. The molecule has 0 aliphatic carbocycles. The van der Waals surface area contributed by atoms with Crippen molar-refractivity contribution in [1.82, 2.24) is 0 Å². The Kier molecular flexibility index (Phi) is 8.10. The van der Waals surface area contributed by atoms with Crippen molar-refractivity contribution < 1.29 is 29.6 Å². The second-order valence-electron chi connectivity index (χ2n) is 4.86. The van der Waals surface area contributed by atoms with Gasteiger partial charge in [-0.2, -0.15) is 0 Å². The van der Waals surface area contributed by atoms with Crippen molar-refractivity contribution in [1.29, 1.82) is 0 Å². The maximum absolute atomic E-state index is 11.6. The third-order valence-electron chi connectivity index (χ3n) is 2.67. The zero-order chi connectivity index (χ0) is 14.2. The first-order valence-electron chi connectivity index (χ1n) is 6.05. The van der Waals surface area contributed by atoms with E-state index in [-0.39, 0.29) is 25.8 Å². The molecule has 18 heavy (non-hydrogen) atoms. The lowest BCUT2D eigenvalue weighted by Crippen LogP contribution is -2.31. The van der Waals surface area contributed by atoms with Gasteiger partial charge in [-0.15, -0.1) is 0 Å². The normalized spacial score (nSPS) is 15.2. The molecule has 0 spiro atoms. The number of ether oxygens (including phenoxy) is 2. The number of aliphatic hydroxyl groups excluding tert-OH is 3. The van der Waals surface area contributed by atoms with E-state index in [9.17, 15) is 9.90 Å². The van der Waals surface area contributed by atoms with Crippen LogP contribution in [0.5, 0.6) is 0 Å². The van der Waals surface area contributed by atoms with E-state index in [2.05, 4.69) is 0 Å². The van der Waals surface area contributed by atoms with Crippen LogP contribution < -0.4 is 0 Å². The van der Waals surface area contributed by atoms with E-state index in [1.54, 1.807) is 13.8 Å². The molecule has 6 nitrogen and oxygen atoms in total. The number of carbonyl (C=O) groups excluding carboxylic acids is 1. The van der Waals surface area contributed by atoms with Gasteiger partial charge in [-0.25, -0.2) is 0 Å². The Morgan fingerprint density at radius 1 is 1.17 bits per heavy atom. The third-order valence-corrected chi connectivity index (χ3v) is 2.67. The average Bonchev–Trinajstić information content (AvgIpc) is 2.35. The second-order valence-corrected chi connectivity index (χ2v) is 4.86. The van der Waals surface area contributed by atoms with Gasteiger partial charge in [0.1, 0.15) is 18.8 Å². The molecule has 0 aromatic carbocycles. The summed E-state index contributed by atoms with van der Waals surface area (Å²) in [5.74, 6) is -0.362. The standard InChI is InChI=1S/C12H24O6/c1-4-12(2,3)11(16)18-8-10(15)7-17-6-9(14)5-13/h9-10,13-15H,4-8H2,1-3H3. The molecule has 2 atom stereocenters. The van der Waals surface area contributed by atoms with Crippen molar-refractivity contribution in [2.45, 2.75) is 39.4 Å². The van der Waals surface area contributed by atoms with Crippen molar-refractivity contribution >= 4 is 5.97 Å². The first-order chi connectivity index (χ1) is 8.33. The van der Waals surface area contributed by atoms with Crippen LogP contribution in [-0.4, -0.2) is 59.9 Å². The van der Waals surface area contributed by atoms with Crippen LogP contribution in [0.2, 0.25) is 0 Å². The van der Waals surface area contributed by atoms with E-state index in [1.165, 1.54) is 0 Å². The van der Waals surface area contributed by atoms with E-state index in [0.29, 0.717) is 6.42 Å². The molecule has 2 unspecified atom stereocenters. The fourth-order valence-electron chi connectivity index (χ4n) is 0.953. The van der Waals surface area contributed by atoms with Crippen LogP contribution >= 0.6 is 0 Å². The quantitative estimate of drug-likeness (QED) is 0.495. The largest absolute Gasteiger partial charge is 0.462 e. The van der Waals surface area contributed by atoms with Crippen molar-refractivity contribution in [2.75, 3.05) is 26.4 Å². The molecule has 0 saturated carbocycles. The van der Waals surface area contributed by atoms with Crippen LogP contribution in [0.25, 0.3) is 0 Å². The summed E-state index contributed by atoms with van der Waals surface area (Å²) in [5.41, 5.74) is -0.562. The predicted octanol–water partition coefficient (Wildman–Crippen LogP) is -0.304. The maximum Gasteiger partial charge on any atom is 0.311 e. The van der Waals surface area contributed by atoms with Crippen molar-refractivity contribution in [3.63, 3.8) is 0 Å². The van der Waals surface area contributed by atoms with Crippen molar-refractivity contribution in [3.8, 4) is 0 Å². The molecule has 0 amide bonds. The lowest BCUT2D eigenvalue weighted by molar-refractivity contribution is -0.158. The number of hydrogen-bond acceptors (Lipinski definition) is 6. The zero-order valence-corrected chi connectivity index (χ0v) is 11.3. The molecule has 6 heteroatoms. The predicted molar refractivity (Wildman–Crippen MR) is 64.9 cm³/mol. The van der Waals surface area contributed by atoms with Gasteiger partial charge in [-0.3, -0.25) is 4.79 Å². The minimum absolute atomic E-state index is 0.0586. The molecule has 0 aromatic rings. The third kappa shape index (κ3) is 6.90. The van der Waals surface area contributed by atoms with Crippen LogP contribution in [0.15, 0.2) is 0 Å². The molecule has 0 aliphatic heterocycles. The highest BCUT2D eigenvalue weighted by Crippen LogP contribution is 2.21. The summed E-state index contributed by atoms with van der Waals surface area (Å²) in [7, 11) is 0. The Balaban J connectivity index is 3.77. The minimum atomic E-state index is -0.959. The topological polar surface area (TPSA) is 96.2 Å². The summed E-state index contributed by atoms with van der Waals surface area (Å²) in [6, 6.07) is 0. The Morgan fingerprint density at radius 2 is 1.72 bits per heavy atom. The first-order valence-corrected chi connectivity index (χ1v) is 6.05. The molecular formula is C12H24O6. The highest BCUT2D eigenvalue weighted by atomic mass is 16.6.